The second-order valence-corrected chi connectivity index (χ2v) is 16.8. The first-order chi connectivity index (χ1) is 28.2. The fourth-order valence-corrected chi connectivity index (χ4v) is 10.7. The number of fused-ring (bicyclic) bond motifs is 8. The van der Waals surface area contributed by atoms with E-state index in [-0.39, 0.29) is 0 Å². The van der Waals surface area contributed by atoms with E-state index in [1.807, 2.05) is 22.7 Å². The van der Waals surface area contributed by atoms with Crippen molar-refractivity contribution in [1.82, 2.24) is 14.5 Å². The van der Waals surface area contributed by atoms with Crippen LogP contribution in [0.25, 0.3) is 113 Å². The average Bonchev–Trinajstić information content (AvgIpc) is 4.00. The highest BCUT2D eigenvalue weighted by Gasteiger charge is 2.19. The van der Waals surface area contributed by atoms with E-state index in [1.54, 1.807) is 0 Å². The normalized spacial score (nSPS) is 11.9. The van der Waals surface area contributed by atoms with Gasteiger partial charge in [0.1, 0.15) is 0 Å². The SMILES string of the molecule is c1ccc(-n2c(-c3cc(-c4nc(-c5ccc6sc7ccccc7c6c5)c5ccccc5n4)cc(-c4cc5c(ccc6ccccc65)s4)c3)cc3ccccc32)cc1. The second kappa shape index (κ2) is 12.8. The molecule has 0 saturated carbocycles. The zero-order valence-electron chi connectivity index (χ0n) is 30.6. The number of thiophene rings is 2. The Morgan fingerprint density at radius 2 is 1.05 bits per heavy atom. The van der Waals surface area contributed by atoms with Gasteiger partial charge in [0, 0.05) is 62.7 Å². The third-order valence-electron chi connectivity index (χ3n) is 11.2. The van der Waals surface area contributed by atoms with Crippen molar-refractivity contribution in [2.45, 2.75) is 0 Å². The van der Waals surface area contributed by atoms with E-state index in [2.05, 4.69) is 193 Å². The second-order valence-electron chi connectivity index (χ2n) is 14.6. The molecule has 0 unspecified atom stereocenters. The van der Waals surface area contributed by atoms with Crippen LogP contribution in [0.2, 0.25) is 0 Å². The van der Waals surface area contributed by atoms with Gasteiger partial charge in [-0.1, -0.05) is 109 Å². The molecule has 12 aromatic rings. The number of rotatable bonds is 5. The van der Waals surface area contributed by atoms with Crippen molar-refractivity contribution >= 4 is 85.5 Å². The Labute approximate surface area is 336 Å². The van der Waals surface area contributed by atoms with E-state index in [9.17, 15) is 0 Å². The molecule has 0 saturated heterocycles. The predicted molar refractivity (Wildman–Crippen MR) is 244 cm³/mol. The Bertz CT molecular complexity index is 3540. The summed E-state index contributed by atoms with van der Waals surface area (Å²) in [4.78, 5) is 12.0. The topological polar surface area (TPSA) is 30.7 Å². The highest BCUT2D eigenvalue weighted by molar-refractivity contribution is 7.25. The van der Waals surface area contributed by atoms with Crippen LogP contribution in [0.15, 0.2) is 188 Å². The van der Waals surface area contributed by atoms with Gasteiger partial charge in [0.25, 0.3) is 0 Å². The van der Waals surface area contributed by atoms with E-state index >= 15 is 0 Å². The molecule has 57 heavy (non-hydrogen) atoms. The molecule has 0 fully saturated rings. The van der Waals surface area contributed by atoms with E-state index < -0.39 is 0 Å². The molecule has 12 rings (SSSR count). The van der Waals surface area contributed by atoms with Crippen LogP contribution in [0, 0.1) is 0 Å². The van der Waals surface area contributed by atoms with Gasteiger partial charge < -0.3 is 4.57 Å². The molecular weight excluding hydrogens is 731 g/mol. The van der Waals surface area contributed by atoms with Crippen molar-refractivity contribution in [2.24, 2.45) is 0 Å². The molecule has 0 atom stereocenters. The maximum Gasteiger partial charge on any atom is 0.160 e. The molecule has 266 valence electrons. The molecule has 0 radical (unpaired) electrons. The lowest BCUT2D eigenvalue weighted by Crippen LogP contribution is -1.98. The van der Waals surface area contributed by atoms with Gasteiger partial charge in [0.2, 0.25) is 0 Å². The molecule has 4 aromatic heterocycles. The summed E-state index contributed by atoms with van der Waals surface area (Å²) in [5, 5.41) is 8.57. The van der Waals surface area contributed by atoms with Crippen molar-refractivity contribution in [2.75, 3.05) is 0 Å². The fourth-order valence-electron chi connectivity index (χ4n) is 8.50. The maximum atomic E-state index is 5.48. The van der Waals surface area contributed by atoms with Crippen LogP contribution >= 0.6 is 22.7 Å². The Morgan fingerprint density at radius 1 is 0.386 bits per heavy atom. The lowest BCUT2D eigenvalue weighted by molar-refractivity contribution is 1.13. The molecule has 0 aliphatic carbocycles. The van der Waals surface area contributed by atoms with Crippen LogP contribution in [0.3, 0.4) is 0 Å². The molecular formula is C52H31N3S2. The highest BCUT2D eigenvalue weighted by atomic mass is 32.1. The van der Waals surface area contributed by atoms with Crippen LogP contribution in [-0.2, 0) is 0 Å². The number of hydrogen-bond acceptors (Lipinski definition) is 4. The third-order valence-corrected chi connectivity index (χ3v) is 13.5. The van der Waals surface area contributed by atoms with Crippen LogP contribution in [0.1, 0.15) is 0 Å². The number of benzene rings is 8. The Hall–Kier alpha value is -6.92. The number of hydrogen-bond donors (Lipinski definition) is 0. The number of nitrogens with zero attached hydrogens (tertiary/aromatic N) is 3. The maximum absolute atomic E-state index is 5.48. The lowest BCUT2D eigenvalue weighted by Gasteiger charge is -2.15. The zero-order valence-corrected chi connectivity index (χ0v) is 32.2. The first-order valence-corrected chi connectivity index (χ1v) is 20.8. The lowest BCUT2D eigenvalue weighted by atomic mass is 9.99. The van der Waals surface area contributed by atoms with Crippen molar-refractivity contribution in [1.29, 1.82) is 0 Å². The molecule has 0 spiro atoms. The summed E-state index contributed by atoms with van der Waals surface area (Å²) < 4.78 is 6.23. The van der Waals surface area contributed by atoms with Gasteiger partial charge in [-0.15, -0.1) is 22.7 Å². The summed E-state index contributed by atoms with van der Waals surface area (Å²) in [5.74, 6) is 0.705. The van der Waals surface area contributed by atoms with E-state index in [0.717, 1.165) is 50.2 Å². The van der Waals surface area contributed by atoms with Crippen molar-refractivity contribution in [3.63, 3.8) is 0 Å². The molecule has 0 aliphatic rings. The third kappa shape index (κ3) is 5.31. The van der Waals surface area contributed by atoms with Crippen molar-refractivity contribution < 1.29 is 0 Å². The summed E-state index contributed by atoms with van der Waals surface area (Å²) >= 11 is 3.67. The fraction of sp³-hybridized carbons (Fsp3) is 0. The molecule has 8 aromatic carbocycles. The largest absolute Gasteiger partial charge is 0.309 e. The van der Waals surface area contributed by atoms with Crippen molar-refractivity contribution in [3.8, 4) is 50.0 Å². The van der Waals surface area contributed by atoms with Gasteiger partial charge >= 0.3 is 0 Å². The quantitative estimate of drug-likeness (QED) is 0.175. The van der Waals surface area contributed by atoms with E-state index in [0.29, 0.717) is 5.82 Å². The molecule has 0 amide bonds. The first kappa shape index (κ1) is 32.3. The van der Waals surface area contributed by atoms with Crippen molar-refractivity contribution in [3.05, 3.63) is 188 Å². The van der Waals surface area contributed by atoms with Gasteiger partial charge in [0.05, 0.1) is 22.4 Å². The number of aromatic nitrogens is 3. The van der Waals surface area contributed by atoms with Gasteiger partial charge in [-0.05, 0) is 101 Å². The Kier molecular flexibility index (Phi) is 7.27. The smallest absolute Gasteiger partial charge is 0.160 e. The van der Waals surface area contributed by atoms with Crippen LogP contribution in [0.4, 0.5) is 0 Å². The molecule has 5 heteroatoms. The van der Waals surface area contributed by atoms with Gasteiger partial charge in [-0.25, -0.2) is 9.97 Å². The summed E-state index contributed by atoms with van der Waals surface area (Å²) in [5.41, 5.74) is 9.57. The standard InChI is InChI=1S/C52H31N3S2/c1-2-14-38(15-3-1)55-45-20-10-5-13-33(45)30-46(55)35-26-36(50-31-43-39-16-6-4-12-32(39)22-24-49(43)57-50)28-37(27-35)52-53-44-19-9-7-18-41(44)51(54-52)34-23-25-48-42(29-34)40-17-8-11-21-47(40)56-48/h1-31H. The molecule has 0 aliphatic heterocycles. The minimum atomic E-state index is 0.705. The van der Waals surface area contributed by atoms with Gasteiger partial charge in [0.15, 0.2) is 5.82 Å². The average molecular weight is 762 g/mol. The summed E-state index contributed by atoms with van der Waals surface area (Å²) in [6.45, 7) is 0. The van der Waals surface area contributed by atoms with Crippen LogP contribution in [-0.4, -0.2) is 14.5 Å². The first-order valence-electron chi connectivity index (χ1n) is 19.1. The number of para-hydroxylation sites is 3. The van der Waals surface area contributed by atoms with Crippen LogP contribution < -0.4 is 0 Å². The van der Waals surface area contributed by atoms with Gasteiger partial charge in [-0.2, -0.15) is 0 Å². The molecule has 0 bridgehead atoms. The minimum Gasteiger partial charge on any atom is -0.309 e. The molecule has 3 nitrogen and oxygen atoms in total. The van der Waals surface area contributed by atoms with E-state index in [1.165, 1.54) is 56.8 Å². The van der Waals surface area contributed by atoms with E-state index in [4.69, 9.17) is 9.97 Å². The Balaban J connectivity index is 1.12. The summed E-state index contributed by atoms with van der Waals surface area (Å²) in [6, 6.07) is 67.9. The monoisotopic (exact) mass is 761 g/mol. The highest BCUT2D eigenvalue weighted by Crippen LogP contribution is 2.43. The predicted octanol–water partition coefficient (Wildman–Crippen LogP) is 15.0. The zero-order chi connectivity index (χ0) is 37.5. The van der Waals surface area contributed by atoms with Crippen LogP contribution in [0.5, 0.6) is 0 Å². The minimum absolute atomic E-state index is 0.705. The summed E-state index contributed by atoms with van der Waals surface area (Å²) in [7, 11) is 0. The summed E-state index contributed by atoms with van der Waals surface area (Å²) in [6.07, 6.45) is 0. The Morgan fingerprint density at radius 3 is 1.96 bits per heavy atom. The van der Waals surface area contributed by atoms with Gasteiger partial charge in [-0.3, -0.25) is 0 Å². The molecule has 4 heterocycles. The molecule has 0 N–H and O–H groups in total.